The normalized spacial score (nSPS) is 19.9. The maximum absolute atomic E-state index is 12.8. The van der Waals surface area contributed by atoms with Crippen molar-refractivity contribution >= 4 is 11.9 Å². The summed E-state index contributed by atoms with van der Waals surface area (Å²) in [5, 5.41) is 11.8. The standard InChI is InChI=1S/C18H16N4O2/c1-18(14-6-4-5-13(11-14)12-19)16(23)22(17(24)21-18)10-8-15-7-2-3-9-20-15/h2-7,9,11H,8,10H2,1H3,(H,21,24)/t18-/m0/s1. The zero-order valence-corrected chi connectivity index (χ0v) is 13.2. The highest BCUT2D eigenvalue weighted by Gasteiger charge is 2.48. The number of hydrogen-bond donors (Lipinski definition) is 1. The first kappa shape index (κ1) is 15.7. The maximum Gasteiger partial charge on any atom is 0.325 e. The molecule has 0 saturated carbocycles. The van der Waals surface area contributed by atoms with E-state index >= 15 is 0 Å². The maximum atomic E-state index is 12.8. The van der Waals surface area contributed by atoms with Crippen molar-refractivity contribution in [2.24, 2.45) is 0 Å². The topological polar surface area (TPSA) is 86.1 Å². The summed E-state index contributed by atoms with van der Waals surface area (Å²) in [5.74, 6) is -0.321. The number of benzene rings is 1. The third-order valence-corrected chi connectivity index (χ3v) is 4.16. The first-order valence-corrected chi connectivity index (χ1v) is 7.59. The molecule has 1 saturated heterocycles. The van der Waals surface area contributed by atoms with Gasteiger partial charge >= 0.3 is 6.03 Å². The number of amides is 3. The van der Waals surface area contributed by atoms with Crippen LogP contribution >= 0.6 is 0 Å². The number of carbonyl (C=O) groups excluding carboxylic acids is 2. The van der Waals surface area contributed by atoms with Crippen LogP contribution in [0.15, 0.2) is 48.7 Å². The SMILES string of the molecule is C[C@@]1(c2cccc(C#N)c2)NC(=O)N(CCc2ccccn2)C1=O. The number of aromatic nitrogens is 1. The van der Waals surface area contributed by atoms with E-state index in [1.807, 2.05) is 24.3 Å². The highest BCUT2D eigenvalue weighted by molar-refractivity contribution is 6.07. The van der Waals surface area contributed by atoms with Crippen LogP contribution in [0.3, 0.4) is 0 Å². The molecule has 2 aromatic rings. The molecule has 6 nitrogen and oxygen atoms in total. The summed E-state index contributed by atoms with van der Waals surface area (Å²) in [7, 11) is 0. The molecule has 0 unspecified atom stereocenters. The molecule has 1 fully saturated rings. The number of hydrogen-bond acceptors (Lipinski definition) is 4. The molecule has 0 spiro atoms. The van der Waals surface area contributed by atoms with Gasteiger partial charge in [0.1, 0.15) is 5.54 Å². The number of nitrogens with one attached hydrogen (secondary N) is 1. The van der Waals surface area contributed by atoms with Crippen molar-refractivity contribution in [3.8, 4) is 6.07 Å². The monoisotopic (exact) mass is 320 g/mol. The Morgan fingerprint density at radius 1 is 1.25 bits per heavy atom. The molecule has 1 aromatic heterocycles. The van der Waals surface area contributed by atoms with Gasteiger partial charge in [0, 0.05) is 24.9 Å². The lowest BCUT2D eigenvalue weighted by Gasteiger charge is -2.22. The Labute approximate surface area is 139 Å². The van der Waals surface area contributed by atoms with Crippen LogP contribution in [0.2, 0.25) is 0 Å². The van der Waals surface area contributed by atoms with Gasteiger partial charge in [0.2, 0.25) is 0 Å². The third kappa shape index (κ3) is 2.72. The van der Waals surface area contributed by atoms with Gasteiger partial charge < -0.3 is 5.32 Å². The minimum atomic E-state index is -1.16. The van der Waals surface area contributed by atoms with Gasteiger partial charge in [-0.15, -0.1) is 0 Å². The zero-order chi connectivity index (χ0) is 17.2. The van der Waals surface area contributed by atoms with Gasteiger partial charge in [-0.3, -0.25) is 14.7 Å². The van der Waals surface area contributed by atoms with Gasteiger partial charge in [-0.2, -0.15) is 5.26 Å². The number of carbonyl (C=O) groups is 2. The lowest BCUT2D eigenvalue weighted by molar-refractivity contribution is -0.131. The number of urea groups is 1. The smallest absolute Gasteiger partial charge is 0.319 e. The summed E-state index contributed by atoms with van der Waals surface area (Å²) in [5.41, 5.74) is 0.703. The fraction of sp³-hybridized carbons (Fsp3) is 0.222. The second-order valence-corrected chi connectivity index (χ2v) is 5.78. The minimum Gasteiger partial charge on any atom is -0.319 e. The molecule has 1 aliphatic rings. The van der Waals surface area contributed by atoms with E-state index in [9.17, 15) is 9.59 Å². The molecule has 0 radical (unpaired) electrons. The van der Waals surface area contributed by atoms with Crippen molar-refractivity contribution in [3.63, 3.8) is 0 Å². The van der Waals surface area contributed by atoms with E-state index < -0.39 is 11.6 Å². The number of nitrogens with zero attached hydrogens (tertiary/aromatic N) is 3. The van der Waals surface area contributed by atoms with Crippen LogP contribution in [0.4, 0.5) is 4.79 Å². The van der Waals surface area contributed by atoms with E-state index in [1.54, 1.807) is 37.4 Å². The van der Waals surface area contributed by atoms with Crippen LogP contribution in [0, 0.1) is 11.3 Å². The van der Waals surface area contributed by atoms with Gasteiger partial charge in [0.05, 0.1) is 11.6 Å². The fourth-order valence-corrected chi connectivity index (χ4v) is 2.77. The van der Waals surface area contributed by atoms with Crippen LogP contribution < -0.4 is 5.32 Å². The molecular weight excluding hydrogens is 304 g/mol. The van der Waals surface area contributed by atoms with Gasteiger partial charge in [0.15, 0.2) is 0 Å². The Bertz CT molecular complexity index is 828. The summed E-state index contributed by atoms with van der Waals surface area (Å²) in [6.07, 6.45) is 2.17. The van der Waals surface area contributed by atoms with E-state index in [0.29, 0.717) is 17.5 Å². The largest absolute Gasteiger partial charge is 0.325 e. The van der Waals surface area contributed by atoms with E-state index in [-0.39, 0.29) is 12.5 Å². The summed E-state index contributed by atoms with van der Waals surface area (Å²) < 4.78 is 0. The van der Waals surface area contributed by atoms with Crippen LogP contribution in [0.1, 0.15) is 23.7 Å². The van der Waals surface area contributed by atoms with Crippen LogP contribution in [-0.4, -0.2) is 28.4 Å². The summed E-state index contributed by atoms with van der Waals surface area (Å²) in [6, 6.07) is 13.9. The molecule has 1 aliphatic heterocycles. The summed E-state index contributed by atoms with van der Waals surface area (Å²) in [4.78, 5) is 30.5. The highest BCUT2D eigenvalue weighted by Crippen LogP contribution is 2.29. The molecule has 120 valence electrons. The quantitative estimate of drug-likeness (QED) is 0.873. The van der Waals surface area contributed by atoms with E-state index in [4.69, 9.17) is 5.26 Å². The zero-order valence-electron chi connectivity index (χ0n) is 13.2. The lowest BCUT2D eigenvalue weighted by atomic mass is 9.91. The van der Waals surface area contributed by atoms with Crippen LogP contribution in [-0.2, 0) is 16.8 Å². The van der Waals surface area contributed by atoms with Crippen molar-refractivity contribution in [1.29, 1.82) is 5.26 Å². The molecule has 1 aromatic carbocycles. The van der Waals surface area contributed by atoms with Crippen molar-refractivity contribution in [2.45, 2.75) is 18.9 Å². The van der Waals surface area contributed by atoms with Gasteiger partial charge in [0.25, 0.3) is 5.91 Å². The molecule has 1 N–H and O–H groups in total. The van der Waals surface area contributed by atoms with Crippen molar-refractivity contribution in [2.75, 3.05) is 6.54 Å². The average molecular weight is 320 g/mol. The van der Waals surface area contributed by atoms with Crippen molar-refractivity contribution in [1.82, 2.24) is 15.2 Å². The number of nitriles is 1. The van der Waals surface area contributed by atoms with Crippen molar-refractivity contribution < 1.29 is 9.59 Å². The van der Waals surface area contributed by atoms with E-state index in [2.05, 4.69) is 10.3 Å². The van der Waals surface area contributed by atoms with Crippen molar-refractivity contribution in [3.05, 3.63) is 65.5 Å². The average Bonchev–Trinajstić information content (AvgIpc) is 2.84. The highest BCUT2D eigenvalue weighted by atomic mass is 16.2. The molecule has 6 heteroatoms. The summed E-state index contributed by atoms with van der Waals surface area (Å²) in [6.45, 7) is 1.92. The minimum absolute atomic E-state index is 0.259. The first-order chi connectivity index (χ1) is 11.5. The summed E-state index contributed by atoms with van der Waals surface area (Å²) >= 11 is 0. The van der Waals surface area contributed by atoms with E-state index in [1.165, 1.54) is 4.90 Å². The number of rotatable bonds is 4. The Kier molecular flexibility index (Phi) is 4.00. The Morgan fingerprint density at radius 3 is 2.79 bits per heavy atom. The second kappa shape index (κ2) is 6.13. The molecular formula is C18H16N4O2. The fourth-order valence-electron chi connectivity index (χ4n) is 2.77. The molecule has 0 aliphatic carbocycles. The third-order valence-electron chi connectivity index (χ3n) is 4.16. The molecule has 24 heavy (non-hydrogen) atoms. The van der Waals surface area contributed by atoms with Crippen LogP contribution in [0.25, 0.3) is 0 Å². The predicted octanol–water partition coefficient (Wildman–Crippen LogP) is 1.96. The molecule has 3 rings (SSSR count). The first-order valence-electron chi connectivity index (χ1n) is 7.59. The number of imide groups is 1. The Morgan fingerprint density at radius 2 is 2.08 bits per heavy atom. The molecule has 1 atom stereocenters. The predicted molar refractivity (Wildman–Crippen MR) is 86.7 cm³/mol. The Balaban J connectivity index is 1.81. The lowest BCUT2D eigenvalue weighted by Crippen LogP contribution is -2.41. The molecule has 3 amide bonds. The van der Waals surface area contributed by atoms with Gasteiger partial charge in [-0.05, 0) is 36.8 Å². The number of pyridine rings is 1. The van der Waals surface area contributed by atoms with Crippen LogP contribution in [0.5, 0.6) is 0 Å². The molecule has 0 bridgehead atoms. The Hall–Kier alpha value is -3.20. The van der Waals surface area contributed by atoms with Gasteiger partial charge in [-0.25, -0.2) is 4.79 Å². The second-order valence-electron chi connectivity index (χ2n) is 5.78. The van der Waals surface area contributed by atoms with Gasteiger partial charge in [-0.1, -0.05) is 18.2 Å². The van der Waals surface area contributed by atoms with E-state index in [0.717, 1.165) is 5.69 Å². The molecule has 2 heterocycles.